The van der Waals surface area contributed by atoms with E-state index in [0.717, 1.165) is 0 Å². The molecular formula is C21H15N3O2. The van der Waals surface area contributed by atoms with Gasteiger partial charge in [0.1, 0.15) is 0 Å². The molecule has 0 aliphatic heterocycles. The van der Waals surface area contributed by atoms with Gasteiger partial charge in [-0.25, -0.2) is 4.98 Å². The molecule has 3 aromatic carbocycles. The van der Waals surface area contributed by atoms with Crippen LogP contribution in [-0.2, 0) is 0 Å². The van der Waals surface area contributed by atoms with Crippen LogP contribution in [0.2, 0.25) is 0 Å². The first-order chi connectivity index (χ1) is 12.7. The predicted molar refractivity (Wildman–Crippen MR) is 102 cm³/mol. The second kappa shape index (κ2) is 6.64. The van der Waals surface area contributed by atoms with Crippen molar-refractivity contribution in [1.82, 2.24) is 9.55 Å². The Morgan fingerprint density at radius 3 is 2.15 bits per heavy atom. The summed E-state index contributed by atoms with van der Waals surface area (Å²) in [5.41, 5.74) is 1.44. The molecule has 1 aromatic heterocycles. The highest BCUT2D eigenvalue weighted by atomic mass is 16.2. The maximum Gasteiger partial charge on any atom is 0.292 e. The first-order valence-electron chi connectivity index (χ1n) is 8.17. The van der Waals surface area contributed by atoms with Crippen LogP contribution < -0.4 is 10.9 Å². The van der Waals surface area contributed by atoms with Gasteiger partial charge < -0.3 is 5.32 Å². The van der Waals surface area contributed by atoms with Crippen LogP contribution in [0.4, 0.5) is 5.69 Å². The van der Waals surface area contributed by atoms with Crippen molar-refractivity contribution < 1.29 is 4.79 Å². The molecule has 1 amide bonds. The van der Waals surface area contributed by atoms with Gasteiger partial charge in [0, 0.05) is 5.69 Å². The number of fused-ring (bicyclic) bond motifs is 1. The molecule has 0 bridgehead atoms. The van der Waals surface area contributed by atoms with E-state index in [4.69, 9.17) is 0 Å². The summed E-state index contributed by atoms with van der Waals surface area (Å²) in [4.78, 5) is 30.4. The normalized spacial score (nSPS) is 10.6. The molecule has 126 valence electrons. The quantitative estimate of drug-likeness (QED) is 0.619. The van der Waals surface area contributed by atoms with Crippen LogP contribution in [0.3, 0.4) is 0 Å². The maximum atomic E-state index is 13.0. The van der Waals surface area contributed by atoms with Gasteiger partial charge in [0.05, 0.1) is 16.6 Å². The zero-order valence-electron chi connectivity index (χ0n) is 13.8. The molecule has 4 aromatic rings. The highest BCUT2D eigenvalue weighted by Gasteiger charge is 2.18. The van der Waals surface area contributed by atoms with Gasteiger partial charge in [-0.3, -0.25) is 14.2 Å². The highest BCUT2D eigenvalue weighted by Crippen LogP contribution is 2.14. The van der Waals surface area contributed by atoms with Crippen molar-refractivity contribution in [2.75, 3.05) is 5.32 Å². The van der Waals surface area contributed by atoms with Crippen LogP contribution in [-0.4, -0.2) is 15.5 Å². The molecule has 0 unspecified atom stereocenters. The summed E-state index contributed by atoms with van der Waals surface area (Å²) in [6.45, 7) is 0. The number of nitrogens with one attached hydrogen (secondary N) is 1. The molecule has 0 fully saturated rings. The Labute approximate surface area is 149 Å². The first kappa shape index (κ1) is 15.8. The van der Waals surface area contributed by atoms with E-state index in [-0.39, 0.29) is 11.4 Å². The Hall–Kier alpha value is -3.73. The number of rotatable bonds is 3. The van der Waals surface area contributed by atoms with E-state index in [2.05, 4.69) is 10.3 Å². The molecule has 1 heterocycles. The van der Waals surface area contributed by atoms with Crippen molar-refractivity contribution in [2.24, 2.45) is 0 Å². The topological polar surface area (TPSA) is 64.0 Å². The van der Waals surface area contributed by atoms with Gasteiger partial charge in [0.15, 0.2) is 0 Å². The van der Waals surface area contributed by atoms with Crippen molar-refractivity contribution in [3.63, 3.8) is 0 Å². The van der Waals surface area contributed by atoms with Crippen molar-refractivity contribution in [3.05, 3.63) is 101 Å². The lowest BCUT2D eigenvalue weighted by Crippen LogP contribution is -2.29. The minimum absolute atomic E-state index is 0.0451. The van der Waals surface area contributed by atoms with Crippen LogP contribution in [0.25, 0.3) is 16.6 Å². The minimum Gasteiger partial charge on any atom is -0.319 e. The summed E-state index contributed by atoms with van der Waals surface area (Å²) in [7, 11) is 0. The zero-order chi connectivity index (χ0) is 17.9. The fourth-order valence-corrected chi connectivity index (χ4v) is 2.81. The van der Waals surface area contributed by atoms with E-state index in [9.17, 15) is 9.59 Å². The Morgan fingerprint density at radius 2 is 1.42 bits per heavy atom. The lowest BCUT2D eigenvalue weighted by molar-refractivity contribution is 0.101. The monoisotopic (exact) mass is 341 g/mol. The Kier molecular flexibility index (Phi) is 4.03. The van der Waals surface area contributed by atoms with Crippen LogP contribution in [0.15, 0.2) is 89.7 Å². The summed E-state index contributed by atoms with van der Waals surface area (Å²) in [6, 6.07) is 25.1. The lowest BCUT2D eigenvalue weighted by Gasteiger charge is -2.13. The van der Waals surface area contributed by atoms with E-state index in [1.807, 2.05) is 36.4 Å². The number of benzene rings is 3. The largest absolute Gasteiger partial charge is 0.319 e. The molecule has 0 aliphatic carbocycles. The standard InChI is InChI=1S/C21H15N3O2/c25-20(22-15-9-3-1-4-10-15)19-23-18-14-8-7-13-17(18)21(26)24(19)16-11-5-2-6-12-16/h1-14H,(H,22,25). The third kappa shape index (κ3) is 2.86. The minimum atomic E-state index is -0.442. The average molecular weight is 341 g/mol. The Balaban J connectivity index is 1.92. The zero-order valence-corrected chi connectivity index (χ0v) is 13.8. The summed E-state index contributed by atoms with van der Waals surface area (Å²) < 4.78 is 1.35. The summed E-state index contributed by atoms with van der Waals surface area (Å²) in [5.74, 6) is -0.397. The molecule has 4 rings (SSSR count). The van der Waals surface area contributed by atoms with Crippen molar-refractivity contribution in [1.29, 1.82) is 0 Å². The van der Waals surface area contributed by atoms with Crippen LogP contribution in [0, 0.1) is 0 Å². The molecular weight excluding hydrogens is 326 g/mol. The number of hydrogen-bond acceptors (Lipinski definition) is 3. The van der Waals surface area contributed by atoms with Crippen molar-refractivity contribution in [3.8, 4) is 5.69 Å². The second-order valence-electron chi connectivity index (χ2n) is 5.75. The lowest BCUT2D eigenvalue weighted by atomic mass is 10.2. The molecule has 0 spiro atoms. The van der Waals surface area contributed by atoms with E-state index in [1.165, 1.54) is 4.57 Å². The Morgan fingerprint density at radius 1 is 0.808 bits per heavy atom. The van der Waals surface area contributed by atoms with Gasteiger partial charge in [0.2, 0.25) is 5.82 Å². The second-order valence-corrected chi connectivity index (χ2v) is 5.75. The third-order valence-electron chi connectivity index (χ3n) is 4.02. The van der Waals surface area contributed by atoms with E-state index >= 15 is 0 Å². The number of carbonyl (C=O) groups is 1. The first-order valence-corrected chi connectivity index (χ1v) is 8.17. The van der Waals surface area contributed by atoms with Crippen LogP contribution in [0.5, 0.6) is 0 Å². The number of hydrogen-bond donors (Lipinski definition) is 1. The van der Waals surface area contributed by atoms with Gasteiger partial charge in [-0.2, -0.15) is 0 Å². The molecule has 0 saturated carbocycles. The fourth-order valence-electron chi connectivity index (χ4n) is 2.81. The Bertz CT molecular complexity index is 1140. The maximum absolute atomic E-state index is 13.0. The van der Waals surface area contributed by atoms with Gasteiger partial charge in [-0.1, -0.05) is 48.5 Å². The van der Waals surface area contributed by atoms with E-state index < -0.39 is 5.91 Å². The smallest absolute Gasteiger partial charge is 0.292 e. The van der Waals surface area contributed by atoms with Crippen molar-refractivity contribution >= 4 is 22.5 Å². The molecule has 5 heteroatoms. The van der Waals surface area contributed by atoms with E-state index in [1.54, 1.807) is 48.5 Å². The van der Waals surface area contributed by atoms with Gasteiger partial charge in [-0.05, 0) is 36.4 Å². The number of anilines is 1. The summed E-state index contributed by atoms with van der Waals surface area (Å²) >= 11 is 0. The van der Waals surface area contributed by atoms with Gasteiger partial charge >= 0.3 is 0 Å². The number of amides is 1. The molecule has 0 aliphatic rings. The molecule has 26 heavy (non-hydrogen) atoms. The summed E-state index contributed by atoms with van der Waals surface area (Å²) in [5, 5.41) is 3.26. The van der Waals surface area contributed by atoms with Gasteiger partial charge in [-0.15, -0.1) is 0 Å². The average Bonchev–Trinajstić information content (AvgIpc) is 2.69. The number of para-hydroxylation sites is 3. The SMILES string of the molecule is O=C(Nc1ccccc1)c1nc2ccccc2c(=O)n1-c1ccccc1. The number of aromatic nitrogens is 2. The van der Waals surface area contributed by atoms with E-state index in [0.29, 0.717) is 22.3 Å². The summed E-state index contributed by atoms with van der Waals surface area (Å²) in [6.07, 6.45) is 0. The molecule has 5 nitrogen and oxygen atoms in total. The molecule has 0 saturated heterocycles. The van der Waals surface area contributed by atoms with Gasteiger partial charge in [0.25, 0.3) is 11.5 Å². The number of nitrogens with zero attached hydrogens (tertiary/aromatic N) is 2. The van der Waals surface area contributed by atoms with Crippen LogP contribution >= 0.6 is 0 Å². The highest BCUT2D eigenvalue weighted by molar-refractivity contribution is 6.03. The van der Waals surface area contributed by atoms with Crippen molar-refractivity contribution in [2.45, 2.75) is 0 Å². The third-order valence-corrected chi connectivity index (χ3v) is 4.02. The number of carbonyl (C=O) groups excluding carboxylic acids is 1. The molecule has 1 N–H and O–H groups in total. The fraction of sp³-hybridized carbons (Fsp3) is 0. The molecule has 0 atom stereocenters. The molecule has 0 radical (unpaired) electrons. The van der Waals surface area contributed by atoms with Crippen LogP contribution in [0.1, 0.15) is 10.6 Å². The predicted octanol–water partition coefficient (Wildman–Crippen LogP) is 3.64.